The van der Waals surface area contributed by atoms with Gasteiger partial charge in [0.1, 0.15) is 5.75 Å². The second-order valence-corrected chi connectivity index (χ2v) is 2.60. The number of benzene rings is 1. The summed E-state index contributed by atoms with van der Waals surface area (Å²) in [4.78, 5) is 3.93. The molecule has 11 heavy (non-hydrogen) atoms. The van der Waals surface area contributed by atoms with Crippen molar-refractivity contribution in [3.63, 3.8) is 0 Å². The molecule has 0 N–H and O–H groups in total. The van der Waals surface area contributed by atoms with Crippen molar-refractivity contribution in [3.05, 3.63) is 29.8 Å². The van der Waals surface area contributed by atoms with Crippen molar-refractivity contribution in [1.82, 2.24) is 0 Å². The number of halogens is 1. The number of hydrogen-bond acceptors (Lipinski definition) is 2. The Kier molecular flexibility index (Phi) is 1.55. The monoisotopic (exact) mass is 167 g/mol. The SMILES string of the molecule is ClC1=NCc2ccccc2O1. The molecule has 1 heterocycles. The van der Waals surface area contributed by atoms with Crippen LogP contribution in [0.15, 0.2) is 29.3 Å². The molecule has 0 atom stereocenters. The highest BCUT2D eigenvalue weighted by Crippen LogP contribution is 2.23. The van der Waals surface area contributed by atoms with Crippen LogP contribution < -0.4 is 4.74 Å². The number of rotatable bonds is 0. The summed E-state index contributed by atoms with van der Waals surface area (Å²) >= 11 is 5.57. The fourth-order valence-electron chi connectivity index (χ4n) is 1.00. The van der Waals surface area contributed by atoms with Crippen molar-refractivity contribution in [2.24, 2.45) is 4.99 Å². The first-order chi connectivity index (χ1) is 5.36. The van der Waals surface area contributed by atoms with E-state index in [2.05, 4.69) is 4.99 Å². The summed E-state index contributed by atoms with van der Waals surface area (Å²) in [6, 6.07) is 7.72. The van der Waals surface area contributed by atoms with Gasteiger partial charge in [-0.2, -0.15) is 0 Å². The lowest BCUT2D eigenvalue weighted by Crippen LogP contribution is -2.07. The Bertz CT molecular complexity index is 309. The van der Waals surface area contributed by atoms with E-state index in [1.165, 1.54) is 0 Å². The van der Waals surface area contributed by atoms with Crippen LogP contribution in [0.5, 0.6) is 5.75 Å². The highest BCUT2D eigenvalue weighted by atomic mass is 35.5. The molecule has 56 valence electrons. The predicted molar refractivity (Wildman–Crippen MR) is 44.1 cm³/mol. The summed E-state index contributed by atoms with van der Waals surface area (Å²) in [5.74, 6) is 0.813. The minimum absolute atomic E-state index is 0.226. The van der Waals surface area contributed by atoms with E-state index in [0.29, 0.717) is 6.54 Å². The minimum atomic E-state index is 0.226. The van der Waals surface area contributed by atoms with Crippen molar-refractivity contribution in [2.45, 2.75) is 6.54 Å². The zero-order chi connectivity index (χ0) is 7.68. The standard InChI is InChI=1S/C8H6ClNO/c9-8-10-5-6-3-1-2-4-7(6)11-8/h1-4H,5H2. The van der Waals surface area contributed by atoms with Gasteiger partial charge in [-0.25, -0.2) is 4.99 Å². The number of ether oxygens (including phenoxy) is 1. The molecule has 1 aliphatic rings. The van der Waals surface area contributed by atoms with Crippen molar-refractivity contribution >= 4 is 17.0 Å². The van der Waals surface area contributed by atoms with Gasteiger partial charge in [-0.05, 0) is 17.7 Å². The Balaban J connectivity index is 2.42. The van der Waals surface area contributed by atoms with Crippen LogP contribution in [0.25, 0.3) is 0 Å². The van der Waals surface area contributed by atoms with Crippen LogP contribution in [0.2, 0.25) is 0 Å². The Morgan fingerprint density at radius 2 is 2.18 bits per heavy atom. The van der Waals surface area contributed by atoms with Crippen molar-refractivity contribution in [2.75, 3.05) is 0 Å². The van der Waals surface area contributed by atoms with Crippen LogP contribution in [0, 0.1) is 0 Å². The molecule has 3 heteroatoms. The van der Waals surface area contributed by atoms with Gasteiger partial charge in [0.15, 0.2) is 0 Å². The molecule has 1 aromatic carbocycles. The first kappa shape index (κ1) is 6.68. The van der Waals surface area contributed by atoms with Crippen LogP contribution in [-0.4, -0.2) is 5.36 Å². The lowest BCUT2D eigenvalue weighted by molar-refractivity contribution is 0.536. The van der Waals surface area contributed by atoms with E-state index in [1.807, 2.05) is 24.3 Å². The number of aliphatic imine (C=N–C) groups is 1. The lowest BCUT2D eigenvalue weighted by atomic mass is 10.2. The average molecular weight is 168 g/mol. The van der Waals surface area contributed by atoms with Gasteiger partial charge in [0.2, 0.25) is 0 Å². The highest BCUT2D eigenvalue weighted by Gasteiger charge is 2.09. The van der Waals surface area contributed by atoms with Gasteiger partial charge in [-0.15, -0.1) is 0 Å². The van der Waals surface area contributed by atoms with Gasteiger partial charge in [0.05, 0.1) is 6.54 Å². The number of para-hydroxylation sites is 1. The van der Waals surface area contributed by atoms with Crippen molar-refractivity contribution in [3.8, 4) is 5.75 Å². The van der Waals surface area contributed by atoms with E-state index in [-0.39, 0.29) is 5.36 Å². The van der Waals surface area contributed by atoms with Crippen molar-refractivity contribution < 1.29 is 4.74 Å². The van der Waals surface area contributed by atoms with E-state index in [0.717, 1.165) is 11.3 Å². The molecule has 0 radical (unpaired) electrons. The topological polar surface area (TPSA) is 21.6 Å². The normalized spacial score (nSPS) is 14.8. The molecular weight excluding hydrogens is 162 g/mol. The summed E-state index contributed by atoms with van der Waals surface area (Å²) in [7, 11) is 0. The zero-order valence-corrected chi connectivity index (χ0v) is 6.51. The molecule has 0 bridgehead atoms. The zero-order valence-electron chi connectivity index (χ0n) is 5.75. The molecule has 2 nitrogen and oxygen atoms in total. The lowest BCUT2D eigenvalue weighted by Gasteiger charge is -2.12. The summed E-state index contributed by atoms with van der Waals surface area (Å²) in [6.07, 6.45) is 0. The van der Waals surface area contributed by atoms with Gasteiger partial charge < -0.3 is 4.74 Å². The van der Waals surface area contributed by atoms with Crippen LogP contribution >= 0.6 is 11.6 Å². The molecule has 1 aromatic rings. The quantitative estimate of drug-likeness (QED) is 0.581. The number of hydrogen-bond donors (Lipinski definition) is 0. The fourth-order valence-corrected chi connectivity index (χ4v) is 1.15. The first-order valence-corrected chi connectivity index (χ1v) is 3.70. The molecule has 2 rings (SSSR count). The molecule has 0 aromatic heterocycles. The Morgan fingerprint density at radius 1 is 1.36 bits per heavy atom. The first-order valence-electron chi connectivity index (χ1n) is 3.32. The summed E-state index contributed by atoms with van der Waals surface area (Å²) in [5, 5.41) is 0.226. The largest absolute Gasteiger partial charge is 0.430 e. The molecule has 0 amide bonds. The molecule has 0 saturated heterocycles. The predicted octanol–water partition coefficient (Wildman–Crippen LogP) is 2.17. The molecule has 0 saturated carbocycles. The molecule has 0 fully saturated rings. The Labute approximate surface area is 69.5 Å². The average Bonchev–Trinajstić information content (AvgIpc) is 2.04. The Morgan fingerprint density at radius 3 is 3.09 bits per heavy atom. The van der Waals surface area contributed by atoms with Crippen molar-refractivity contribution in [1.29, 1.82) is 0 Å². The third kappa shape index (κ3) is 1.21. The molecular formula is C8H6ClNO. The fraction of sp³-hybridized carbons (Fsp3) is 0.125. The minimum Gasteiger partial charge on any atom is -0.430 e. The molecule has 0 unspecified atom stereocenters. The third-order valence-electron chi connectivity index (χ3n) is 1.54. The van der Waals surface area contributed by atoms with Crippen LogP contribution in [0.1, 0.15) is 5.56 Å². The Hall–Kier alpha value is -1.02. The van der Waals surface area contributed by atoms with Gasteiger partial charge >= 0.3 is 0 Å². The van der Waals surface area contributed by atoms with Crippen LogP contribution in [0.3, 0.4) is 0 Å². The maximum absolute atomic E-state index is 5.57. The summed E-state index contributed by atoms with van der Waals surface area (Å²) < 4.78 is 5.15. The van der Waals surface area contributed by atoms with Gasteiger partial charge in [-0.1, -0.05) is 18.2 Å². The molecule has 0 spiro atoms. The van der Waals surface area contributed by atoms with Gasteiger partial charge in [-0.3, -0.25) is 0 Å². The maximum Gasteiger partial charge on any atom is 0.288 e. The second kappa shape index (κ2) is 2.55. The second-order valence-electron chi connectivity index (χ2n) is 2.28. The summed E-state index contributed by atoms with van der Waals surface area (Å²) in [6.45, 7) is 0.620. The van der Waals surface area contributed by atoms with E-state index in [1.54, 1.807) is 0 Å². The highest BCUT2D eigenvalue weighted by molar-refractivity contribution is 6.63. The third-order valence-corrected chi connectivity index (χ3v) is 1.74. The summed E-state index contributed by atoms with van der Waals surface area (Å²) in [5.41, 5.74) is 1.08. The number of fused-ring (bicyclic) bond motifs is 1. The van der Waals surface area contributed by atoms with E-state index < -0.39 is 0 Å². The smallest absolute Gasteiger partial charge is 0.288 e. The van der Waals surface area contributed by atoms with E-state index in [9.17, 15) is 0 Å². The molecule has 1 aliphatic heterocycles. The maximum atomic E-state index is 5.57. The van der Waals surface area contributed by atoms with Crippen LogP contribution in [-0.2, 0) is 6.54 Å². The van der Waals surface area contributed by atoms with E-state index >= 15 is 0 Å². The van der Waals surface area contributed by atoms with Gasteiger partial charge in [0, 0.05) is 5.56 Å². The van der Waals surface area contributed by atoms with Gasteiger partial charge in [0.25, 0.3) is 5.36 Å². The molecule has 0 aliphatic carbocycles. The van der Waals surface area contributed by atoms with E-state index in [4.69, 9.17) is 16.3 Å². The number of nitrogens with zero attached hydrogens (tertiary/aromatic N) is 1. The van der Waals surface area contributed by atoms with Crippen LogP contribution in [0.4, 0.5) is 0 Å².